The van der Waals surface area contributed by atoms with Gasteiger partial charge in [-0.2, -0.15) is 0 Å². The molecule has 0 spiro atoms. The van der Waals surface area contributed by atoms with E-state index < -0.39 is 12.1 Å². The molecule has 1 atom stereocenters. The van der Waals surface area contributed by atoms with E-state index in [2.05, 4.69) is 130 Å². The molecule has 1 unspecified atom stereocenters. The predicted octanol–water partition coefficient (Wildman–Crippen LogP) is 15.4. The van der Waals surface area contributed by atoms with Crippen molar-refractivity contribution in [1.82, 2.24) is 0 Å². The van der Waals surface area contributed by atoms with E-state index in [4.69, 9.17) is 14.2 Å². The molecule has 0 aromatic rings. The molecular weight excluding hydrogens is 745 g/mol. The summed E-state index contributed by atoms with van der Waals surface area (Å²) in [5.41, 5.74) is 0. The highest BCUT2D eigenvalue weighted by Crippen LogP contribution is 2.11. The van der Waals surface area contributed by atoms with E-state index in [9.17, 15) is 14.4 Å². The minimum absolute atomic E-state index is 0.126. The van der Waals surface area contributed by atoms with Crippen molar-refractivity contribution >= 4 is 17.9 Å². The SMILES string of the molecule is CC/C=C\C/C=C\C/C=C\C/C=C\C/C=C\CCCCCC(=O)OCC(COC(=O)CCCCCCC/C=C\CCC)OC(=O)CC/C=C\C/C=C\C/C=C\C/C=C\CC. The van der Waals surface area contributed by atoms with E-state index >= 15 is 0 Å². The minimum Gasteiger partial charge on any atom is -0.462 e. The zero-order chi connectivity index (χ0) is 43.7. The van der Waals surface area contributed by atoms with Crippen molar-refractivity contribution in [1.29, 1.82) is 0 Å². The van der Waals surface area contributed by atoms with Crippen molar-refractivity contribution < 1.29 is 28.6 Å². The standard InChI is InChI=1S/C54H84O6/c1-4-7-10-13-16-19-22-24-25-26-27-28-29-31-32-35-38-41-44-47-53(56)59-50-51(49-58-52(55)46-43-40-37-34-21-18-15-12-9-6-3)60-54(57)48-45-42-39-36-33-30-23-20-17-14-11-8-5-2/h7-8,10-12,15-17,19-20,24-25,27-28,30-33,39,42,51H,4-6,9,13-14,18,21-23,26,29,34-38,40-41,43-50H2,1-3H3/b10-7-,11-8-,15-12-,19-16-,20-17-,25-24-,28-27-,32-31-,33-30-,42-39-. The minimum atomic E-state index is -0.834. The van der Waals surface area contributed by atoms with Crippen molar-refractivity contribution in [3.8, 4) is 0 Å². The van der Waals surface area contributed by atoms with Crippen LogP contribution < -0.4 is 0 Å². The Labute approximate surface area is 367 Å². The van der Waals surface area contributed by atoms with E-state index in [1.807, 2.05) is 12.2 Å². The molecular formula is C54H84O6. The number of allylic oxidation sites excluding steroid dienone is 20. The fraction of sp³-hybridized carbons (Fsp3) is 0.574. The monoisotopic (exact) mass is 829 g/mol. The summed E-state index contributed by atoms with van der Waals surface area (Å²) in [7, 11) is 0. The van der Waals surface area contributed by atoms with Crippen LogP contribution in [0.1, 0.15) is 181 Å². The lowest BCUT2D eigenvalue weighted by molar-refractivity contribution is -0.166. The zero-order valence-corrected chi connectivity index (χ0v) is 38.2. The fourth-order valence-electron chi connectivity index (χ4n) is 5.72. The molecule has 336 valence electrons. The van der Waals surface area contributed by atoms with Crippen molar-refractivity contribution in [3.05, 3.63) is 122 Å². The molecule has 0 amide bonds. The van der Waals surface area contributed by atoms with Crippen LogP contribution in [0.15, 0.2) is 122 Å². The average Bonchev–Trinajstić information content (AvgIpc) is 3.24. The third kappa shape index (κ3) is 44.9. The molecule has 0 aromatic heterocycles. The Hall–Kier alpha value is -4.19. The van der Waals surface area contributed by atoms with Crippen LogP contribution in [0.2, 0.25) is 0 Å². The molecule has 0 heterocycles. The van der Waals surface area contributed by atoms with Crippen LogP contribution in [0.25, 0.3) is 0 Å². The molecule has 0 saturated heterocycles. The first-order chi connectivity index (χ1) is 29.5. The van der Waals surface area contributed by atoms with Crippen LogP contribution in [0.4, 0.5) is 0 Å². The normalized spacial score (nSPS) is 13.2. The second-order valence-corrected chi connectivity index (χ2v) is 14.9. The van der Waals surface area contributed by atoms with Crippen LogP contribution >= 0.6 is 0 Å². The molecule has 0 aliphatic carbocycles. The van der Waals surface area contributed by atoms with Crippen molar-refractivity contribution in [2.24, 2.45) is 0 Å². The Kier molecular flexibility index (Phi) is 44.2. The van der Waals surface area contributed by atoms with Crippen LogP contribution in [0.3, 0.4) is 0 Å². The Morgan fingerprint density at radius 1 is 0.350 bits per heavy atom. The maximum absolute atomic E-state index is 12.7. The van der Waals surface area contributed by atoms with Gasteiger partial charge in [-0.15, -0.1) is 0 Å². The van der Waals surface area contributed by atoms with Gasteiger partial charge in [0.25, 0.3) is 0 Å². The van der Waals surface area contributed by atoms with Gasteiger partial charge in [0.05, 0.1) is 0 Å². The van der Waals surface area contributed by atoms with Gasteiger partial charge in [0.1, 0.15) is 13.2 Å². The van der Waals surface area contributed by atoms with Crippen LogP contribution in [-0.4, -0.2) is 37.2 Å². The van der Waals surface area contributed by atoms with Crippen molar-refractivity contribution in [2.45, 2.75) is 187 Å². The van der Waals surface area contributed by atoms with Gasteiger partial charge in [0.15, 0.2) is 6.10 Å². The van der Waals surface area contributed by atoms with Crippen LogP contribution in [-0.2, 0) is 28.6 Å². The first-order valence-corrected chi connectivity index (χ1v) is 23.5. The maximum Gasteiger partial charge on any atom is 0.306 e. The Morgan fingerprint density at radius 3 is 1.12 bits per heavy atom. The largest absolute Gasteiger partial charge is 0.462 e. The molecule has 0 fully saturated rings. The fourth-order valence-corrected chi connectivity index (χ4v) is 5.72. The van der Waals surface area contributed by atoms with Crippen molar-refractivity contribution in [3.63, 3.8) is 0 Å². The lowest BCUT2D eigenvalue weighted by Crippen LogP contribution is -2.30. The van der Waals surface area contributed by atoms with E-state index in [0.717, 1.165) is 122 Å². The summed E-state index contributed by atoms with van der Waals surface area (Å²) in [5, 5.41) is 0. The molecule has 0 bridgehead atoms. The molecule has 0 aromatic carbocycles. The summed E-state index contributed by atoms with van der Waals surface area (Å²) >= 11 is 0. The summed E-state index contributed by atoms with van der Waals surface area (Å²) < 4.78 is 16.6. The summed E-state index contributed by atoms with van der Waals surface area (Å²) in [6.45, 7) is 6.21. The molecule has 6 heteroatoms. The number of hydrogen-bond acceptors (Lipinski definition) is 6. The van der Waals surface area contributed by atoms with Crippen LogP contribution in [0, 0.1) is 0 Å². The van der Waals surface area contributed by atoms with E-state index in [0.29, 0.717) is 19.3 Å². The number of rotatable bonds is 40. The average molecular weight is 829 g/mol. The molecule has 0 saturated carbocycles. The zero-order valence-electron chi connectivity index (χ0n) is 38.2. The molecule has 0 rings (SSSR count). The van der Waals surface area contributed by atoms with E-state index in [1.54, 1.807) is 0 Å². The highest BCUT2D eigenvalue weighted by molar-refractivity contribution is 5.71. The van der Waals surface area contributed by atoms with Gasteiger partial charge >= 0.3 is 17.9 Å². The lowest BCUT2D eigenvalue weighted by atomic mass is 10.1. The highest BCUT2D eigenvalue weighted by Gasteiger charge is 2.19. The number of esters is 3. The smallest absolute Gasteiger partial charge is 0.306 e. The molecule has 60 heavy (non-hydrogen) atoms. The van der Waals surface area contributed by atoms with Gasteiger partial charge in [-0.05, 0) is 109 Å². The number of hydrogen-bond donors (Lipinski definition) is 0. The molecule has 0 aliphatic rings. The second kappa shape index (κ2) is 47.5. The predicted molar refractivity (Wildman–Crippen MR) is 256 cm³/mol. The lowest BCUT2D eigenvalue weighted by Gasteiger charge is -2.18. The van der Waals surface area contributed by atoms with E-state index in [1.165, 1.54) is 12.8 Å². The topological polar surface area (TPSA) is 78.9 Å². The maximum atomic E-state index is 12.7. The first-order valence-electron chi connectivity index (χ1n) is 23.5. The molecule has 0 N–H and O–H groups in total. The third-order valence-corrected chi connectivity index (χ3v) is 9.18. The quantitative estimate of drug-likeness (QED) is 0.0265. The molecule has 6 nitrogen and oxygen atoms in total. The highest BCUT2D eigenvalue weighted by atomic mass is 16.6. The Morgan fingerprint density at radius 2 is 0.683 bits per heavy atom. The third-order valence-electron chi connectivity index (χ3n) is 9.18. The summed E-state index contributed by atoms with van der Waals surface area (Å²) in [4.78, 5) is 37.7. The van der Waals surface area contributed by atoms with Gasteiger partial charge in [0.2, 0.25) is 0 Å². The van der Waals surface area contributed by atoms with Gasteiger partial charge in [-0.25, -0.2) is 0 Å². The Bertz CT molecular complexity index is 1320. The van der Waals surface area contributed by atoms with Gasteiger partial charge < -0.3 is 14.2 Å². The van der Waals surface area contributed by atoms with Gasteiger partial charge in [-0.1, -0.05) is 174 Å². The number of carbonyl (C=O) groups excluding carboxylic acids is 3. The molecule has 0 aliphatic heterocycles. The van der Waals surface area contributed by atoms with Gasteiger partial charge in [0, 0.05) is 19.3 Å². The second-order valence-electron chi connectivity index (χ2n) is 14.9. The van der Waals surface area contributed by atoms with Gasteiger partial charge in [-0.3, -0.25) is 14.4 Å². The number of carbonyl (C=O) groups is 3. The summed E-state index contributed by atoms with van der Waals surface area (Å²) in [5.74, 6) is -1.07. The number of ether oxygens (including phenoxy) is 3. The molecule has 0 radical (unpaired) electrons. The van der Waals surface area contributed by atoms with E-state index in [-0.39, 0.29) is 31.6 Å². The van der Waals surface area contributed by atoms with Crippen LogP contribution in [0.5, 0.6) is 0 Å². The first kappa shape index (κ1) is 55.8. The Balaban J connectivity index is 4.53. The summed E-state index contributed by atoms with van der Waals surface area (Å²) in [6.07, 6.45) is 64.8. The number of unbranched alkanes of at least 4 members (excludes halogenated alkanes) is 9. The van der Waals surface area contributed by atoms with Crippen molar-refractivity contribution in [2.75, 3.05) is 13.2 Å². The summed E-state index contributed by atoms with van der Waals surface area (Å²) in [6, 6.07) is 0.